The molecule has 0 aliphatic carbocycles. The van der Waals surface area contributed by atoms with Crippen LogP contribution in [0.2, 0.25) is 5.02 Å². The number of amides is 1. The summed E-state index contributed by atoms with van der Waals surface area (Å²) >= 11 is 7.89. The maximum Gasteiger partial charge on any atom is 0.238 e. The minimum Gasteiger partial charge on any atom is -0.352 e. The number of nitrogens with zero attached hydrogens (tertiary/aromatic N) is 1. The van der Waals surface area contributed by atoms with E-state index >= 15 is 0 Å². The summed E-state index contributed by atoms with van der Waals surface area (Å²) in [5.74, 6) is -1.82. The normalized spacial score (nSPS) is 24.6. The van der Waals surface area contributed by atoms with E-state index in [4.69, 9.17) is 11.6 Å². The molecule has 1 N–H and O–H groups in total. The molecule has 3 aliphatic heterocycles. The van der Waals surface area contributed by atoms with E-state index in [1.54, 1.807) is 30.3 Å². The third-order valence-corrected chi connectivity index (χ3v) is 9.21. The van der Waals surface area contributed by atoms with Gasteiger partial charge in [0.1, 0.15) is 11.5 Å². The Balaban J connectivity index is 1.56. The summed E-state index contributed by atoms with van der Waals surface area (Å²) in [6, 6.07) is 24.2. The fourth-order valence-corrected chi connectivity index (χ4v) is 7.44. The van der Waals surface area contributed by atoms with E-state index in [-0.39, 0.29) is 17.5 Å². The molecule has 4 aromatic rings. The van der Waals surface area contributed by atoms with Gasteiger partial charge < -0.3 is 10.2 Å². The van der Waals surface area contributed by atoms with Gasteiger partial charge in [0, 0.05) is 16.9 Å². The summed E-state index contributed by atoms with van der Waals surface area (Å²) in [7, 11) is 0. The van der Waals surface area contributed by atoms with E-state index in [9.17, 15) is 14.4 Å². The molecule has 186 valence electrons. The number of carbonyl (C=O) groups is 3. The predicted molar refractivity (Wildman–Crippen MR) is 150 cm³/mol. The molecular weight excluding hydrogens is 516 g/mol. The maximum atomic E-state index is 14.7. The zero-order chi connectivity index (χ0) is 26.0. The highest BCUT2D eigenvalue weighted by Crippen LogP contribution is 2.58. The monoisotopic (exact) mass is 536 g/mol. The first-order chi connectivity index (χ1) is 18.5. The summed E-state index contributed by atoms with van der Waals surface area (Å²) in [4.78, 5) is 45.8. The highest BCUT2D eigenvalue weighted by molar-refractivity contribution is 7.12. The smallest absolute Gasteiger partial charge is 0.238 e. The number of rotatable bonds is 4. The molecule has 4 atom stereocenters. The minimum atomic E-state index is -1.34. The molecule has 3 aliphatic rings. The molecule has 3 aromatic carbocycles. The Labute approximate surface area is 228 Å². The SMILES string of the molecule is O=C(c1cccs1)[C@@H]1[C@H](C(=O)c2ccccc2Cl)[C@]2(C(=O)Nc3ccccc32)[C@@H]2C=Cc3ccccc3N12. The highest BCUT2D eigenvalue weighted by Gasteiger charge is 2.70. The van der Waals surface area contributed by atoms with Crippen LogP contribution in [0.4, 0.5) is 11.4 Å². The quantitative estimate of drug-likeness (QED) is 0.313. The average molecular weight is 537 g/mol. The average Bonchev–Trinajstić information content (AvgIpc) is 3.65. The predicted octanol–water partition coefficient (Wildman–Crippen LogP) is 6.26. The van der Waals surface area contributed by atoms with Crippen LogP contribution in [0.15, 0.2) is 96.4 Å². The lowest BCUT2D eigenvalue weighted by Crippen LogP contribution is -2.51. The second kappa shape index (κ2) is 8.51. The van der Waals surface area contributed by atoms with Crippen molar-refractivity contribution >= 4 is 57.9 Å². The van der Waals surface area contributed by atoms with Gasteiger partial charge in [-0.1, -0.05) is 78.4 Å². The number of ketones is 2. The number of nitrogens with one attached hydrogen (secondary N) is 1. The van der Waals surface area contributed by atoms with Gasteiger partial charge in [0.05, 0.1) is 21.9 Å². The fraction of sp³-hybridized carbons (Fsp3) is 0.129. The van der Waals surface area contributed by atoms with Crippen molar-refractivity contribution in [2.24, 2.45) is 5.92 Å². The van der Waals surface area contributed by atoms with Crippen LogP contribution < -0.4 is 10.2 Å². The van der Waals surface area contributed by atoms with Crippen molar-refractivity contribution in [3.63, 3.8) is 0 Å². The Kier molecular flexibility index (Phi) is 5.18. The van der Waals surface area contributed by atoms with Gasteiger partial charge in [-0.05, 0) is 46.8 Å². The zero-order valence-electron chi connectivity index (χ0n) is 20.0. The molecule has 0 radical (unpaired) electrons. The van der Waals surface area contributed by atoms with Crippen molar-refractivity contribution in [2.45, 2.75) is 17.5 Å². The fourth-order valence-electron chi connectivity index (χ4n) is 6.51. The van der Waals surface area contributed by atoms with Gasteiger partial charge in [-0.15, -0.1) is 11.3 Å². The van der Waals surface area contributed by atoms with Gasteiger partial charge in [-0.3, -0.25) is 14.4 Å². The lowest BCUT2D eigenvalue weighted by atomic mass is 9.64. The number of Topliss-reactive ketones (excluding diaryl/α,β-unsaturated/α-hetero) is 2. The van der Waals surface area contributed by atoms with Gasteiger partial charge in [-0.25, -0.2) is 0 Å². The summed E-state index contributed by atoms with van der Waals surface area (Å²) in [5, 5.41) is 5.18. The van der Waals surface area contributed by atoms with Gasteiger partial charge in [0.2, 0.25) is 5.91 Å². The van der Waals surface area contributed by atoms with Crippen molar-refractivity contribution in [1.82, 2.24) is 0 Å². The number of halogens is 1. The number of anilines is 2. The van der Waals surface area contributed by atoms with Crippen molar-refractivity contribution < 1.29 is 14.4 Å². The third kappa shape index (κ3) is 3.01. The Bertz CT molecular complexity index is 1660. The summed E-state index contributed by atoms with van der Waals surface area (Å²) in [6.45, 7) is 0. The van der Waals surface area contributed by atoms with Crippen molar-refractivity contribution in [3.8, 4) is 0 Å². The standard InChI is InChI=1S/C31H21ClN2O3S/c32-21-11-4-2-9-19(21)28(35)26-27(29(36)24-14-7-17-38-24)34-23-13-6-1-8-18(23)15-16-25(34)31(26)20-10-3-5-12-22(20)33-30(31)37/h1-17,25-27H,(H,33,37)/t25-,26+,27-,31+/m0/s1. The van der Waals surface area contributed by atoms with Gasteiger partial charge in [0.15, 0.2) is 11.6 Å². The largest absolute Gasteiger partial charge is 0.352 e. The Morgan fingerprint density at radius 1 is 0.895 bits per heavy atom. The number of para-hydroxylation sites is 2. The van der Waals surface area contributed by atoms with Crippen LogP contribution in [-0.4, -0.2) is 29.6 Å². The second-order valence-corrected chi connectivity index (χ2v) is 11.1. The van der Waals surface area contributed by atoms with Crippen LogP contribution in [-0.2, 0) is 10.2 Å². The van der Waals surface area contributed by atoms with E-state index in [0.29, 0.717) is 21.2 Å². The topological polar surface area (TPSA) is 66.5 Å². The molecule has 4 heterocycles. The summed E-state index contributed by atoms with van der Waals surface area (Å²) in [6.07, 6.45) is 3.96. The highest BCUT2D eigenvalue weighted by atomic mass is 35.5. The number of benzene rings is 3. The molecule has 7 heteroatoms. The van der Waals surface area contributed by atoms with E-state index in [2.05, 4.69) is 5.32 Å². The number of hydrogen-bond donors (Lipinski definition) is 1. The molecule has 1 saturated heterocycles. The number of carbonyl (C=O) groups excluding carboxylic acids is 3. The van der Waals surface area contributed by atoms with Crippen molar-refractivity contribution in [1.29, 1.82) is 0 Å². The lowest BCUT2D eigenvalue weighted by molar-refractivity contribution is -0.121. The van der Waals surface area contributed by atoms with E-state index in [0.717, 1.165) is 16.8 Å². The van der Waals surface area contributed by atoms with Crippen molar-refractivity contribution in [3.05, 3.63) is 123 Å². The van der Waals surface area contributed by atoms with Crippen LogP contribution in [0.1, 0.15) is 31.2 Å². The second-order valence-electron chi connectivity index (χ2n) is 9.75. The van der Waals surface area contributed by atoms with Crippen LogP contribution in [0.3, 0.4) is 0 Å². The molecule has 7 rings (SSSR count). The molecule has 1 spiro atoms. The minimum absolute atomic E-state index is 0.186. The van der Waals surface area contributed by atoms with Crippen LogP contribution >= 0.6 is 22.9 Å². The molecule has 0 bridgehead atoms. The van der Waals surface area contributed by atoms with Gasteiger partial charge in [0.25, 0.3) is 0 Å². The number of hydrogen-bond acceptors (Lipinski definition) is 5. The lowest BCUT2D eigenvalue weighted by Gasteiger charge is -2.37. The summed E-state index contributed by atoms with van der Waals surface area (Å²) < 4.78 is 0. The Morgan fingerprint density at radius 3 is 2.47 bits per heavy atom. The Morgan fingerprint density at radius 2 is 1.66 bits per heavy atom. The molecule has 1 aromatic heterocycles. The molecule has 1 fully saturated rings. The van der Waals surface area contributed by atoms with Crippen LogP contribution in [0.5, 0.6) is 0 Å². The molecule has 0 unspecified atom stereocenters. The first kappa shape index (κ1) is 23.1. The van der Waals surface area contributed by atoms with E-state index in [1.165, 1.54) is 11.3 Å². The molecular formula is C31H21ClN2O3S. The Hall–Kier alpha value is -4.00. The zero-order valence-corrected chi connectivity index (χ0v) is 21.6. The first-order valence-electron chi connectivity index (χ1n) is 12.4. The van der Waals surface area contributed by atoms with Crippen LogP contribution in [0, 0.1) is 5.92 Å². The summed E-state index contributed by atoms with van der Waals surface area (Å²) in [5.41, 5.74) is 2.09. The van der Waals surface area contributed by atoms with Crippen molar-refractivity contribution in [2.75, 3.05) is 10.2 Å². The van der Waals surface area contributed by atoms with E-state index in [1.807, 2.05) is 77.0 Å². The number of fused-ring (bicyclic) bond motifs is 6. The molecule has 38 heavy (non-hydrogen) atoms. The van der Waals surface area contributed by atoms with Gasteiger partial charge >= 0.3 is 0 Å². The van der Waals surface area contributed by atoms with Crippen LogP contribution in [0.25, 0.3) is 6.08 Å². The maximum absolute atomic E-state index is 14.7. The molecule has 1 amide bonds. The van der Waals surface area contributed by atoms with Gasteiger partial charge in [-0.2, -0.15) is 0 Å². The molecule has 0 saturated carbocycles. The first-order valence-corrected chi connectivity index (χ1v) is 13.6. The third-order valence-electron chi connectivity index (χ3n) is 8.00. The number of thiophene rings is 1. The molecule has 5 nitrogen and oxygen atoms in total. The van der Waals surface area contributed by atoms with E-state index < -0.39 is 23.4 Å².